The molecule has 1 saturated carbocycles. The molecule has 8 nitrogen and oxygen atoms in total. The van der Waals surface area contributed by atoms with E-state index in [1.54, 1.807) is 19.2 Å². The van der Waals surface area contributed by atoms with E-state index in [2.05, 4.69) is 21.3 Å². The van der Waals surface area contributed by atoms with Crippen molar-refractivity contribution in [2.24, 2.45) is 5.92 Å². The molecule has 8 heteroatoms. The molecule has 2 atom stereocenters. The number of aromatic nitrogens is 1. The smallest absolute Gasteiger partial charge is 0.253 e. The van der Waals surface area contributed by atoms with Gasteiger partial charge in [0.2, 0.25) is 11.8 Å². The standard InChI is InChI=1S/C24H30N4O4/c1-31-19-6-3-5-18(15-19)27-11-13-28(14-12-27)24(30)20-7-4-8-21(20)26-23(29)17-9-10-22(32-2)25-16-17/h3,5-6,9-10,15-16,20-21H,4,7-8,11-14H2,1-2H3,(H,26,29)/t20-,21+/m0/s1. The monoisotopic (exact) mass is 438 g/mol. The van der Waals surface area contributed by atoms with E-state index < -0.39 is 0 Å². The van der Waals surface area contributed by atoms with Gasteiger partial charge in [0.25, 0.3) is 5.91 Å². The first-order chi connectivity index (χ1) is 15.6. The number of methoxy groups -OCH3 is 2. The second kappa shape index (κ2) is 9.89. The van der Waals surface area contributed by atoms with Crippen molar-refractivity contribution in [2.75, 3.05) is 45.3 Å². The Hall–Kier alpha value is -3.29. The molecule has 0 unspecified atom stereocenters. The summed E-state index contributed by atoms with van der Waals surface area (Å²) in [7, 11) is 3.20. The lowest BCUT2D eigenvalue weighted by molar-refractivity contribution is -0.136. The largest absolute Gasteiger partial charge is 0.497 e. The van der Waals surface area contributed by atoms with E-state index in [1.807, 2.05) is 23.1 Å². The van der Waals surface area contributed by atoms with Gasteiger partial charge in [-0.3, -0.25) is 9.59 Å². The summed E-state index contributed by atoms with van der Waals surface area (Å²) in [5.74, 6) is 1.06. The molecule has 2 amide bonds. The predicted molar refractivity (Wildman–Crippen MR) is 121 cm³/mol. The van der Waals surface area contributed by atoms with Crippen LogP contribution in [0.5, 0.6) is 11.6 Å². The average Bonchev–Trinajstić information content (AvgIpc) is 3.31. The Morgan fingerprint density at radius 3 is 2.53 bits per heavy atom. The number of piperazine rings is 1. The van der Waals surface area contributed by atoms with Gasteiger partial charge in [-0.05, 0) is 31.0 Å². The minimum Gasteiger partial charge on any atom is -0.497 e. The number of carbonyl (C=O) groups excluding carboxylic acids is 2. The summed E-state index contributed by atoms with van der Waals surface area (Å²) in [5, 5.41) is 3.06. The lowest BCUT2D eigenvalue weighted by atomic mass is 10.0. The number of nitrogens with zero attached hydrogens (tertiary/aromatic N) is 3. The van der Waals surface area contributed by atoms with Crippen LogP contribution in [0, 0.1) is 5.92 Å². The average molecular weight is 439 g/mol. The van der Waals surface area contributed by atoms with Gasteiger partial charge in [0, 0.05) is 56.2 Å². The van der Waals surface area contributed by atoms with Crippen LogP contribution < -0.4 is 19.7 Å². The number of amides is 2. The number of hydrogen-bond acceptors (Lipinski definition) is 6. The fourth-order valence-electron chi connectivity index (χ4n) is 4.54. The minimum absolute atomic E-state index is 0.144. The van der Waals surface area contributed by atoms with Crippen molar-refractivity contribution in [3.63, 3.8) is 0 Å². The van der Waals surface area contributed by atoms with Gasteiger partial charge in [0.05, 0.1) is 25.7 Å². The van der Waals surface area contributed by atoms with Crippen LogP contribution in [-0.2, 0) is 4.79 Å². The lowest BCUT2D eigenvalue weighted by Crippen LogP contribution is -2.52. The number of rotatable bonds is 6. The van der Waals surface area contributed by atoms with Gasteiger partial charge in [-0.1, -0.05) is 12.5 Å². The fraction of sp³-hybridized carbons (Fsp3) is 0.458. The molecule has 0 radical (unpaired) electrons. The molecule has 1 saturated heterocycles. The van der Waals surface area contributed by atoms with Crippen molar-refractivity contribution in [3.05, 3.63) is 48.2 Å². The molecule has 2 aromatic rings. The van der Waals surface area contributed by atoms with E-state index in [4.69, 9.17) is 9.47 Å². The Balaban J connectivity index is 1.33. The highest BCUT2D eigenvalue weighted by Gasteiger charge is 2.37. The SMILES string of the molecule is COc1cccc(N2CCN(C(=O)[C@H]3CCC[C@H]3NC(=O)c3ccc(OC)nc3)CC2)c1. The van der Waals surface area contributed by atoms with Crippen LogP contribution in [0.1, 0.15) is 29.6 Å². The number of nitrogens with one attached hydrogen (secondary N) is 1. The van der Waals surface area contributed by atoms with Crippen molar-refractivity contribution in [1.82, 2.24) is 15.2 Å². The highest BCUT2D eigenvalue weighted by Crippen LogP contribution is 2.29. The summed E-state index contributed by atoms with van der Waals surface area (Å²) in [5.41, 5.74) is 1.58. The second-order valence-electron chi connectivity index (χ2n) is 8.22. The molecular weight excluding hydrogens is 408 g/mol. The first-order valence-corrected chi connectivity index (χ1v) is 11.1. The van der Waals surface area contributed by atoms with E-state index in [1.165, 1.54) is 13.3 Å². The maximum Gasteiger partial charge on any atom is 0.253 e. The quantitative estimate of drug-likeness (QED) is 0.745. The van der Waals surface area contributed by atoms with Crippen LogP contribution in [-0.4, -0.2) is 68.1 Å². The van der Waals surface area contributed by atoms with Crippen LogP contribution in [0.3, 0.4) is 0 Å². The zero-order chi connectivity index (χ0) is 22.5. The Morgan fingerprint density at radius 1 is 1.03 bits per heavy atom. The van der Waals surface area contributed by atoms with Gasteiger partial charge < -0.3 is 24.6 Å². The molecule has 2 aliphatic rings. The van der Waals surface area contributed by atoms with Crippen LogP contribution in [0.2, 0.25) is 0 Å². The van der Waals surface area contributed by atoms with Gasteiger partial charge in [0.1, 0.15) is 5.75 Å². The lowest BCUT2D eigenvalue weighted by Gasteiger charge is -2.38. The van der Waals surface area contributed by atoms with E-state index in [0.29, 0.717) is 24.5 Å². The molecule has 170 valence electrons. The van der Waals surface area contributed by atoms with Crippen molar-refractivity contribution < 1.29 is 19.1 Å². The van der Waals surface area contributed by atoms with Crippen molar-refractivity contribution in [2.45, 2.75) is 25.3 Å². The third-order valence-corrected chi connectivity index (χ3v) is 6.37. The molecule has 4 rings (SSSR count). The summed E-state index contributed by atoms with van der Waals surface area (Å²) >= 11 is 0. The first kappa shape index (κ1) is 21.9. The van der Waals surface area contributed by atoms with Gasteiger partial charge in [-0.25, -0.2) is 4.98 Å². The molecule has 1 aromatic heterocycles. The molecule has 1 aliphatic heterocycles. The third-order valence-electron chi connectivity index (χ3n) is 6.37. The zero-order valence-corrected chi connectivity index (χ0v) is 18.6. The van der Waals surface area contributed by atoms with Crippen LogP contribution in [0.15, 0.2) is 42.6 Å². The molecule has 32 heavy (non-hydrogen) atoms. The second-order valence-corrected chi connectivity index (χ2v) is 8.22. The van der Waals surface area contributed by atoms with Crippen molar-refractivity contribution in [3.8, 4) is 11.6 Å². The molecular formula is C24H30N4O4. The van der Waals surface area contributed by atoms with Gasteiger partial charge in [-0.2, -0.15) is 0 Å². The van der Waals surface area contributed by atoms with Crippen molar-refractivity contribution in [1.29, 1.82) is 0 Å². The van der Waals surface area contributed by atoms with E-state index in [0.717, 1.165) is 43.8 Å². The Labute approximate surface area is 188 Å². The number of hydrogen-bond donors (Lipinski definition) is 1. The number of ether oxygens (including phenoxy) is 2. The third kappa shape index (κ3) is 4.79. The molecule has 1 aliphatic carbocycles. The van der Waals surface area contributed by atoms with Gasteiger partial charge >= 0.3 is 0 Å². The fourth-order valence-corrected chi connectivity index (χ4v) is 4.54. The number of carbonyl (C=O) groups is 2. The molecule has 0 spiro atoms. The van der Waals surface area contributed by atoms with E-state index in [9.17, 15) is 9.59 Å². The normalized spacial score (nSPS) is 20.7. The highest BCUT2D eigenvalue weighted by molar-refractivity contribution is 5.94. The zero-order valence-electron chi connectivity index (χ0n) is 18.6. The number of benzene rings is 1. The van der Waals surface area contributed by atoms with Gasteiger partial charge in [0.15, 0.2) is 0 Å². The highest BCUT2D eigenvalue weighted by atomic mass is 16.5. The summed E-state index contributed by atoms with van der Waals surface area (Å²) in [6.45, 7) is 2.91. The van der Waals surface area contributed by atoms with Crippen LogP contribution >= 0.6 is 0 Å². The Bertz CT molecular complexity index is 941. The molecule has 1 N–H and O–H groups in total. The maximum atomic E-state index is 13.3. The topological polar surface area (TPSA) is 84.0 Å². The molecule has 1 aromatic carbocycles. The minimum atomic E-state index is -0.201. The predicted octanol–water partition coefficient (Wildman–Crippen LogP) is 2.35. The van der Waals surface area contributed by atoms with E-state index >= 15 is 0 Å². The molecule has 2 fully saturated rings. The number of pyridine rings is 1. The summed E-state index contributed by atoms with van der Waals surface area (Å²) < 4.78 is 10.4. The van der Waals surface area contributed by atoms with Crippen molar-refractivity contribution >= 4 is 17.5 Å². The van der Waals surface area contributed by atoms with Crippen LogP contribution in [0.4, 0.5) is 5.69 Å². The molecule has 2 heterocycles. The number of anilines is 1. The summed E-state index contributed by atoms with van der Waals surface area (Å²) in [6.07, 6.45) is 4.06. The Morgan fingerprint density at radius 2 is 1.84 bits per heavy atom. The Kier molecular flexibility index (Phi) is 6.78. The first-order valence-electron chi connectivity index (χ1n) is 11.1. The molecule has 0 bridgehead atoms. The summed E-state index contributed by atoms with van der Waals surface area (Å²) in [6, 6.07) is 11.2. The summed E-state index contributed by atoms with van der Waals surface area (Å²) in [4.78, 5) is 34.2. The maximum absolute atomic E-state index is 13.3. The van der Waals surface area contributed by atoms with Gasteiger partial charge in [-0.15, -0.1) is 0 Å². The van der Waals surface area contributed by atoms with E-state index in [-0.39, 0.29) is 23.8 Å². The van der Waals surface area contributed by atoms with Crippen LogP contribution in [0.25, 0.3) is 0 Å².